The van der Waals surface area contributed by atoms with E-state index in [4.69, 9.17) is 25.0 Å². The topological polar surface area (TPSA) is 124 Å². The Bertz CT molecular complexity index is 1140. The van der Waals surface area contributed by atoms with E-state index in [1.807, 2.05) is 0 Å². The average Bonchev–Trinajstić information content (AvgIpc) is 3.32. The van der Waals surface area contributed by atoms with E-state index >= 15 is 0 Å². The molecule has 37 heavy (non-hydrogen) atoms. The number of aliphatic imine (C=N–C) groups is 1. The van der Waals surface area contributed by atoms with Crippen molar-refractivity contribution in [2.24, 2.45) is 10.7 Å². The highest BCUT2D eigenvalue weighted by molar-refractivity contribution is 8.14. The quantitative estimate of drug-likeness (QED) is 0.184. The summed E-state index contributed by atoms with van der Waals surface area (Å²) in [5.41, 5.74) is 4.20. The summed E-state index contributed by atoms with van der Waals surface area (Å²) in [5, 5.41) is -0.144. The molecular weight excluding hydrogens is 539 g/mol. The normalized spacial score (nSPS) is 17.8. The van der Waals surface area contributed by atoms with E-state index < -0.39 is 37.0 Å². The van der Waals surface area contributed by atoms with Crippen LogP contribution in [0.4, 0.5) is 17.6 Å². The average molecular weight is 567 g/mol. The third-order valence-corrected chi connectivity index (χ3v) is 7.23. The summed E-state index contributed by atoms with van der Waals surface area (Å²) in [6, 6.07) is 9.33. The van der Waals surface area contributed by atoms with Crippen molar-refractivity contribution in [2.75, 3.05) is 26.4 Å². The number of hydrogen-bond acceptors (Lipinski definition) is 7. The maximum atomic E-state index is 13.8. The lowest BCUT2D eigenvalue weighted by Crippen LogP contribution is -2.47. The molecule has 1 aliphatic rings. The zero-order valence-corrected chi connectivity index (χ0v) is 21.5. The smallest absolute Gasteiger partial charge is 0.469 e. The monoisotopic (exact) mass is 566 g/mol. The molecule has 8 nitrogen and oxygen atoms in total. The number of unbranched alkanes of at least 4 members (excludes halogenated alkanes) is 1. The van der Waals surface area contributed by atoms with Crippen LogP contribution < -0.4 is 15.2 Å². The van der Waals surface area contributed by atoms with Gasteiger partial charge < -0.3 is 25.0 Å². The van der Waals surface area contributed by atoms with Crippen LogP contribution in [0.1, 0.15) is 36.1 Å². The van der Waals surface area contributed by atoms with Crippen LogP contribution in [-0.4, -0.2) is 46.7 Å². The van der Waals surface area contributed by atoms with E-state index in [2.05, 4.69) is 9.52 Å². The molecule has 0 amide bonds. The van der Waals surface area contributed by atoms with Gasteiger partial charge in [-0.05, 0) is 61.7 Å². The second-order valence-electron chi connectivity index (χ2n) is 8.55. The van der Waals surface area contributed by atoms with Gasteiger partial charge in [-0.25, -0.2) is 8.96 Å². The Labute approximate surface area is 215 Å². The van der Waals surface area contributed by atoms with Crippen LogP contribution in [-0.2, 0) is 15.3 Å². The first-order valence-electron chi connectivity index (χ1n) is 11.2. The van der Waals surface area contributed by atoms with E-state index in [9.17, 15) is 22.1 Å². The molecule has 0 fully saturated rings. The van der Waals surface area contributed by atoms with Gasteiger partial charge in [0, 0.05) is 0 Å². The highest BCUT2D eigenvalue weighted by Gasteiger charge is 2.38. The number of rotatable bonds is 12. The third kappa shape index (κ3) is 8.98. The largest absolute Gasteiger partial charge is 0.494 e. The molecule has 2 atom stereocenters. The lowest BCUT2D eigenvalue weighted by molar-refractivity contribution is -0.139. The van der Waals surface area contributed by atoms with Gasteiger partial charge in [0.2, 0.25) is 0 Å². The molecule has 1 unspecified atom stereocenters. The van der Waals surface area contributed by atoms with Gasteiger partial charge in [-0.15, -0.1) is 0 Å². The number of benzene rings is 2. The molecule has 204 valence electrons. The van der Waals surface area contributed by atoms with Gasteiger partial charge in [0.05, 0.1) is 47.8 Å². The Hall–Kier alpha value is -2.15. The van der Waals surface area contributed by atoms with Crippen LogP contribution in [0.5, 0.6) is 11.5 Å². The molecule has 1 heterocycles. The summed E-state index contributed by atoms with van der Waals surface area (Å²) in [4.78, 5) is 22.1. The van der Waals surface area contributed by atoms with E-state index in [-0.39, 0.29) is 24.7 Å². The summed E-state index contributed by atoms with van der Waals surface area (Å²) in [5.74, 6) is -0.172. The Morgan fingerprint density at radius 2 is 1.76 bits per heavy atom. The Morgan fingerprint density at radius 3 is 2.38 bits per heavy atom. The SMILES string of the molecule is C[C@](N)(COP(=O)(O)O)C1=NCC(c2ccc(OCCCCOc3ccc(F)cc3)c(C(F)(F)F)c2)S1. The van der Waals surface area contributed by atoms with Crippen molar-refractivity contribution in [1.29, 1.82) is 0 Å². The van der Waals surface area contributed by atoms with Crippen molar-refractivity contribution >= 4 is 24.6 Å². The fraction of sp³-hybridized carbons (Fsp3) is 0.435. The minimum Gasteiger partial charge on any atom is -0.494 e. The molecule has 4 N–H and O–H groups in total. The van der Waals surface area contributed by atoms with Crippen molar-refractivity contribution in [3.05, 3.63) is 59.4 Å². The standard InChI is InChI=1S/C23H27F4N2O6PS/c1-22(28,14-35-36(30,31)32)21-29-13-20(37-21)15-4-9-19(18(12-15)23(25,26)27)34-11-3-2-10-33-17-7-5-16(24)6-8-17/h4-9,12,20H,2-3,10-11,13-14,28H2,1H3,(H2,30,31,32)/t20?,22-/m0/s1. The Balaban J connectivity index is 1.55. The van der Waals surface area contributed by atoms with Crippen LogP contribution in [0.15, 0.2) is 47.5 Å². The van der Waals surface area contributed by atoms with Crippen molar-refractivity contribution in [2.45, 2.75) is 36.7 Å². The first kappa shape index (κ1) is 29.4. The molecule has 14 heteroatoms. The molecule has 0 spiro atoms. The van der Waals surface area contributed by atoms with E-state index in [0.29, 0.717) is 35.8 Å². The number of thioether (sulfide) groups is 1. The molecule has 0 saturated heterocycles. The van der Waals surface area contributed by atoms with Gasteiger partial charge in [0.15, 0.2) is 0 Å². The highest BCUT2D eigenvalue weighted by Crippen LogP contribution is 2.44. The van der Waals surface area contributed by atoms with Crippen LogP contribution in [0, 0.1) is 5.82 Å². The molecule has 3 rings (SSSR count). The van der Waals surface area contributed by atoms with Gasteiger partial charge in [-0.3, -0.25) is 9.52 Å². The summed E-state index contributed by atoms with van der Waals surface area (Å²) in [6.07, 6.45) is -3.68. The lowest BCUT2D eigenvalue weighted by Gasteiger charge is -2.24. The minimum atomic E-state index is -4.74. The van der Waals surface area contributed by atoms with Crippen molar-refractivity contribution in [3.63, 3.8) is 0 Å². The maximum Gasteiger partial charge on any atom is 0.469 e. The first-order chi connectivity index (χ1) is 17.2. The number of phosphoric ester groups is 1. The van der Waals surface area contributed by atoms with E-state index in [0.717, 1.165) is 17.8 Å². The molecule has 0 bridgehead atoms. The number of ether oxygens (including phenoxy) is 2. The second kappa shape index (κ2) is 12.1. The zero-order chi connectivity index (χ0) is 27.3. The Kier molecular flexibility index (Phi) is 9.65. The zero-order valence-electron chi connectivity index (χ0n) is 19.8. The third-order valence-electron chi connectivity index (χ3n) is 5.24. The number of halogens is 4. The highest BCUT2D eigenvalue weighted by atomic mass is 32.2. The van der Waals surface area contributed by atoms with Gasteiger partial charge in [-0.1, -0.05) is 17.8 Å². The lowest BCUT2D eigenvalue weighted by atomic mass is 10.1. The minimum absolute atomic E-state index is 0.0474. The molecule has 1 aliphatic heterocycles. The van der Waals surface area contributed by atoms with Crippen molar-refractivity contribution < 1.29 is 45.9 Å². The van der Waals surface area contributed by atoms with E-state index in [1.54, 1.807) is 0 Å². The number of hydrogen-bond donors (Lipinski definition) is 3. The van der Waals surface area contributed by atoms with Gasteiger partial charge in [0.25, 0.3) is 0 Å². The van der Waals surface area contributed by atoms with Crippen LogP contribution in [0.2, 0.25) is 0 Å². The van der Waals surface area contributed by atoms with Crippen LogP contribution >= 0.6 is 19.6 Å². The fourth-order valence-corrected chi connectivity index (χ4v) is 4.96. The van der Waals surface area contributed by atoms with E-state index in [1.165, 1.54) is 43.3 Å². The molecule has 0 aromatic heterocycles. The number of nitrogens with two attached hydrogens (primary N) is 1. The predicted octanol–water partition coefficient (Wildman–Crippen LogP) is 5.10. The molecule has 2 aromatic rings. The fourth-order valence-electron chi connectivity index (χ4n) is 3.35. The molecule has 2 aromatic carbocycles. The van der Waals surface area contributed by atoms with Gasteiger partial charge in [-0.2, -0.15) is 13.2 Å². The molecule has 0 radical (unpaired) electrons. The molecule has 0 saturated carbocycles. The van der Waals surface area contributed by atoms with Crippen LogP contribution in [0.3, 0.4) is 0 Å². The van der Waals surface area contributed by atoms with Gasteiger partial charge >= 0.3 is 14.0 Å². The number of nitrogens with zero attached hydrogens (tertiary/aromatic N) is 1. The second-order valence-corrected chi connectivity index (χ2v) is 11.0. The van der Waals surface area contributed by atoms with Crippen LogP contribution in [0.25, 0.3) is 0 Å². The molecule has 0 aliphatic carbocycles. The number of phosphoric acid groups is 1. The summed E-state index contributed by atoms with van der Waals surface area (Å²) < 4.78 is 80.5. The maximum absolute atomic E-state index is 13.8. The number of alkyl halides is 3. The molecular formula is C23H27F4N2O6PS. The van der Waals surface area contributed by atoms with Crippen molar-refractivity contribution in [1.82, 2.24) is 0 Å². The summed E-state index contributed by atoms with van der Waals surface area (Å²) >= 11 is 1.12. The predicted molar refractivity (Wildman–Crippen MR) is 131 cm³/mol. The summed E-state index contributed by atoms with van der Waals surface area (Å²) in [7, 11) is -4.74. The first-order valence-corrected chi connectivity index (χ1v) is 13.6. The van der Waals surface area contributed by atoms with Crippen molar-refractivity contribution in [3.8, 4) is 11.5 Å². The summed E-state index contributed by atoms with van der Waals surface area (Å²) in [6.45, 7) is 1.46. The van der Waals surface area contributed by atoms with Gasteiger partial charge in [0.1, 0.15) is 17.3 Å². The Morgan fingerprint density at radius 1 is 1.11 bits per heavy atom.